The molecule has 5 nitrogen and oxygen atoms in total. The highest BCUT2D eigenvalue weighted by molar-refractivity contribution is 5.94. The lowest BCUT2D eigenvalue weighted by Gasteiger charge is -2.38. The van der Waals surface area contributed by atoms with Gasteiger partial charge in [0.15, 0.2) is 0 Å². The molecule has 2 aliphatic heterocycles. The van der Waals surface area contributed by atoms with Gasteiger partial charge in [-0.05, 0) is 55.4 Å². The zero-order valence-electron chi connectivity index (χ0n) is 17.2. The van der Waals surface area contributed by atoms with Crippen molar-refractivity contribution in [2.45, 2.75) is 34.1 Å². The summed E-state index contributed by atoms with van der Waals surface area (Å²) in [5.74, 6) is 1.51. The van der Waals surface area contributed by atoms with Crippen LogP contribution < -0.4 is 0 Å². The number of carbonyl (C=O) groups is 2. The predicted octanol–water partition coefficient (Wildman–Crippen LogP) is 2.57. The molecule has 0 N–H and O–H groups in total. The monoisotopic (exact) mass is 371 g/mol. The molecule has 1 aromatic carbocycles. The van der Waals surface area contributed by atoms with Gasteiger partial charge in [0.25, 0.3) is 5.91 Å². The van der Waals surface area contributed by atoms with E-state index in [1.807, 2.05) is 34.9 Å². The molecule has 2 saturated heterocycles. The molecule has 0 aromatic heterocycles. The molecule has 2 heterocycles. The maximum absolute atomic E-state index is 12.7. The Balaban J connectivity index is 1.50. The van der Waals surface area contributed by atoms with Crippen molar-refractivity contribution in [3.63, 3.8) is 0 Å². The van der Waals surface area contributed by atoms with E-state index < -0.39 is 0 Å². The van der Waals surface area contributed by atoms with Gasteiger partial charge in [0.1, 0.15) is 0 Å². The third kappa shape index (κ3) is 4.89. The Hall–Kier alpha value is -1.88. The standard InChI is InChI=1S/C22H33N3O2/c1-16-11-17(2)14-25(13-16)21(26)15-23-7-9-24(10-8-23)22(27)20-6-5-18(3)19(4)12-20/h5-6,12,16-17H,7-11,13-15H2,1-4H3. The number of piperidine rings is 1. The third-order valence-electron chi connectivity index (χ3n) is 5.99. The van der Waals surface area contributed by atoms with Crippen molar-refractivity contribution in [2.24, 2.45) is 11.8 Å². The van der Waals surface area contributed by atoms with Gasteiger partial charge >= 0.3 is 0 Å². The number of carbonyl (C=O) groups excluding carboxylic acids is 2. The van der Waals surface area contributed by atoms with Crippen molar-refractivity contribution in [1.82, 2.24) is 14.7 Å². The van der Waals surface area contributed by atoms with Crippen LogP contribution in [0.15, 0.2) is 18.2 Å². The van der Waals surface area contributed by atoms with Crippen molar-refractivity contribution >= 4 is 11.8 Å². The number of amides is 2. The number of aryl methyl sites for hydroxylation is 2. The van der Waals surface area contributed by atoms with Gasteiger partial charge in [0, 0.05) is 44.8 Å². The third-order valence-corrected chi connectivity index (χ3v) is 5.99. The average molecular weight is 372 g/mol. The van der Waals surface area contributed by atoms with Crippen LogP contribution in [0.2, 0.25) is 0 Å². The molecule has 0 radical (unpaired) electrons. The summed E-state index contributed by atoms with van der Waals surface area (Å²) in [6.45, 7) is 13.7. The Bertz CT molecular complexity index is 685. The van der Waals surface area contributed by atoms with E-state index in [0.29, 0.717) is 31.5 Å². The molecule has 0 bridgehead atoms. The molecule has 2 amide bonds. The lowest BCUT2D eigenvalue weighted by atomic mass is 9.92. The topological polar surface area (TPSA) is 43.9 Å². The molecule has 0 aliphatic carbocycles. The van der Waals surface area contributed by atoms with E-state index >= 15 is 0 Å². The summed E-state index contributed by atoms with van der Waals surface area (Å²) >= 11 is 0. The largest absolute Gasteiger partial charge is 0.341 e. The second-order valence-corrected chi connectivity index (χ2v) is 8.61. The molecule has 2 fully saturated rings. The number of likely N-dealkylation sites (tertiary alicyclic amines) is 1. The summed E-state index contributed by atoms with van der Waals surface area (Å²) in [4.78, 5) is 31.5. The molecule has 148 valence electrons. The molecule has 2 atom stereocenters. The van der Waals surface area contributed by atoms with E-state index in [-0.39, 0.29) is 11.8 Å². The molecule has 0 spiro atoms. The highest BCUT2D eigenvalue weighted by atomic mass is 16.2. The number of nitrogens with zero attached hydrogens (tertiary/aromatic N) is 3. The molecular weight excluding hydrogens is 338 g/mol. The van der Waals surface area contributed by atoms with Gasteiger partial charge in [-0.15, -0.1) is 0 Å². The average Bonchev–Trinajstić information content (AvgIpc) is 2.63. The molecule has 1 aromatic rings. The van der Waals surface area contributed by atoms with Crippen molar-refractivity contribution in [3.05, 3.63) is 34.9 Å². The minimum Gasteiger partial charge on any atom is -0.341 e. The van der Waals surface area contributed by atoms with E-state index in [2.05, 4.69) is 25.7 Å². The summed E-state index contributed by atoms with van der Waals surface area (Å²) in [6.07, 6.45) is 1.21. The molecule has 3 rings (SSSR count). The van der Waals surface area contributed by atoms with E-state index in [1.165, 1.54) is 12.0 Å². The Kier molecular flexibility index (Phi) is 6.20. The van der Waals surface area contributed by atoms with Gasteiger partial charge in [-0.2, -0.15) is 0 Å². The SMILES string of the molecule is Cc1ccc(C(=O)N2CCN(CC(=O)N3CC(C)CC(C)C3)CC2)cc1C. The van der Waals surface area contributed by atoms with Gasteiger partial charge in [-0.1, -0.05) is 19.9 Å². The fourth-order valence-electron chi connectivity index (χ4n) is 4.32. The van der Waals surface area contributed by atoms with Crippen LogP contribution in [0.3, 0.4) is 0 Å². The van der Waals surface area contributed by atoms with Gasteiger partial charge in [0.05, 0.1) is 6.54 Å². The lowest BCUT2D eigenvalue weighted by Crippen LogP contribution is -2.53. The van der Waals surface area contributed by atoms with Crippen molar-refractivity contribution < 1.29 is 9.59 Å². The van der Waals surface area contributed by atoms with Gasteiger partial charge in [-0.3, -0.25) is 14.5 Å². The minimum absolute atomic E-state index is 0.0998. The number of benzene rings is 1. The quantitative estimate of drug-likeness (QED) is 0.820. The molecule has 2 unspecified atom stereocenters. The van der Waals surface area contributed by atoms with E-state index in [4.69, 9.17) is 0 Å². The zero-order chi connectivity index (χ0) is 19.6. The van der Waals surface area contributed by atoms with Crippen LogP contribution in [0, 0.1) is 25.7 Å². The van der Waals surface area contributed by atoms with E-state index in [0.717, 1.165) is 37.3 Å². The van der Waals surface area contributed by atoms with Crippen LogP contribution in [0.1, 0.15) is 41.8 Å². The van der Waals surface area contributed by atoms with Gasteiger partial charge < -0.3 is 9.80 Å². The van der Waals surface area contributed by atoms with Crippen LogP contribution in [-0.2, 0) is 4.79 Å². The Morgan fingerprint density at radius 2 is 1.56 bits per heavy atom. The summed E-state index contributed by atoms with van der Waals surface area (Å²) in [5.41, 5.74) is 3.12. The summed E-state index contributed by atoms with van der Waals surface area (Å²) in [5, 5.41) is 0. The number of hydrogen-bond donors (Lipinski definition) is 0. The van der Waals surface area contributed by atoms with Crippen LogP contribution in [0.25, 0.3) is 0 Å². The first-order valence-electron chi connectivity index (χ1n) is 10.2. The first kappa shape index (κ1) is 19.9. The molecule has 27 heavy (non-hydrogen) atoms. The first-order valence-corrected chi connectivity index (χ1v) is 10.2. The van der Waals surface area contributed by atoms with Crippen molar-refractivity contribution in [3.8, 4) is 0 Å². The second-order valence-electron chi connectivity index (χ2n) is 8.61. The number of piperazine rings is 1. The summed E-state index contributed by atoms with van der Waals surface area (Å²) in [6, 6.07) is 5.91. The van der Waals surface area contributed by atoms with Crippen LogP contribution in [0.5, 0.6) is 0 Å². The summed E-state index contributed by atoms with van der Waals surface area (Å²) < 4.78 is 0. The second kappa shape index (κ2) is 8.42. The minimum atomic E-state index is 0.0998. The Morgan fingerprint density at radius 1 is 0.926 bits per heavy atom. The molecule has 2 aliphatic rings. The molecular formula is C22H33N3O2. The van der Waals surface area contributed by atoms with Crippen molar-refractivity contribution in [2.75, 3.05) is 45.8 Å². The van der Waals surface area contributed by atoms with Crippen LogP contribution in [0.4, 0.5) is 0 Å². The highest BCUT2D eigenvalue weighted by Crippen LogP contribution is 2.21. The van der Waals surface area contributed by atoms with Crippen molar-refractivity contribution in [1.29, 1.82) is 0 Å². The zero-order valence-corrected chi connectivity index (χ0v) is 17.2. The van der Waals surface area contributed by atoms with Gasteiger partial charge in [-0.25, -0.2) is 0 Å². The van der Waals surface area contributed by atoms with Crippen LogP contribution in [-0.4, -0.2) is 72.3 Å². The smallest absolute Gasteiger partial charge is 0.253 e. The number of rotatable bonds is 3. The normalized spacial score (nSPS) is 24.1. The Morgan fingerprint density at radius 3 is 2.15 bits per heavy atom. The fourth-order valence-corrected chi connectivity index (χ4v) is 4.32. The molecule has 0 saturated carbocycles. The number of hydrogen-bond acceptors (Lipinski definition) is 3. The highest BCUT2D eigenvalue weighted by Gasteiger charge is 2.28. The Labute approximate surface area is 163 Å². The van der Waals surface area contributed by atoms with Crippen LogP contribution >= 0.6 is 0 Å². The molecule has 5 heteroatoms. The predicted molar refractivity (Wildman–Crippen MR) is 108 cm³/mol. The van der Waals surface area contributed by atoms with E-state index in [9.17, 15) is 9.59 Å². The first-order chi connectivity index (χ1) is 12.8. The fraction of sp³-hybridized carbons (Fsp3) is 0.636. The maximum atomic E-state index is 12.7. The maximum Gasteiger partial charge on any atom is 0.253 e. The van der Waals surface area contributed by atoms with E-state index in [1.54, 1.807) is 0 Å². The lowest BCUT2D eigenvalue weighted by molar-refractivity contribution is -0.135. The van der Waals surface area contributed by atoms with Gasteiger partial charge in [0.2, 0.25) is 5.91 Å². The summed E-state index contributed by atoms with van der Waals surface area (Å²) in [7, 11) is 0.